The van der Waals surface area contributed by atoms with Gasteiger partial charge in [0.1, 0.15) is 10.7 Å². The van der Waals surface area contributed by atoms with Gasteiger partial charge in [0.15, 0.2) is 0 Å². The Morgan fingerprint density at radius 1 is 1.21 bits per heavy atom. The molecule has 0 unspecified atom stereocenters. The maximum Gasteiger partial charge on any atom is 0.263 e. The van der Waals surface area contributed by atoms with E-state index in [2.05, 4.69) is 37.7 Å². The monoisotopic (exact) mass is 390 g/mol. The van der Waals surface area contributed by atoms with Crippen LogP contribution in [0.15, 0.2) is 47.5 Å². The summed E-state index contributed by atoms with van der Waals surface area (Å²) in [4.78, 5) is 3.94. The van der Waals surface area contributed by atoms with Gasteiger partial charge in [-0.15, -0.1) is 0 Å². The maximum absolute atomic E-state index is 12.1. The van der Waals surface area contributed by atoms with Crippen molar-refractivity contribution < 1.29 is 8.42 Å². The van der Waals surface area contributed by atoms with Crippen LogP contribution in [0.1, 0.15) is 0 Å². The van der Waals surface area contributed by atoms with Crippen molar-refractivity contribution in [1.82, 2.24) is 4.98 Å². The number of pyridine rings is 1. The van der Waals surface area contributed by atoms with Crippen molar-refractivity contribution >= 4 is 44.1 Å². The van der Waals surface area contributed by atoms with E-state index in [4.69, 9.17) is 5.84 Å². The minimum Gasteiger partial charge on any atom is -0.308 e. The smallest absolute Gasteiger partial charge is 0.263 e. The average molecular weight is 390 g/mol. The molecule has 0 radical (unpaired) electrons. The highest BCUT2D eigenvalue weighted by Gasteiger charge is 2.14. The number of benzene rings is 1. The number of hydrogen-bond donors (Lipinski definition) is 3. The molecule has 8 heteroatoms. The fourth-order valence-corrected chi connectivity index (χ4v) is 2.93. The summed E-state index contributed by atoms with van der Waals surface area (Å²) in [5.41, 5.74) is 2.84. The second-order valence-electron chi connectivity index (χ2n) is 3.64. The Labute approximate surface area is 124 Å². The third-order valence-electron chi connectivity index (χ3n) is 2.27. The van der Waals surface area contributed by atoms with Crippen LogP contribution < -0.4 is 16.0 Å². The topological polar surface area (TPSA) is 97.1 Å². The van der Waals surface area contributed by atoms with Crippen molar-refractivity contribution in [3.63, 3.8) is 0 Å². The largest absolute Gasteiger partial charge is 0.308 e. The van der Waals surface area contributed by atoms with Gasteiger partial charge in [0.2, 0.25) is 0 Å². The van der Waals surface area contributed by atoms with Crippen LogP contribution in [0.5, 0.6) is 0 Å². The second kappa shape index (κ2) is 5.72. The van der Waals surface area contributed by atoms with Crippen LogP contribution in [0.3, 0.4) is 0 Å². The predicted octanol–water partition coefficient (Wildman–Crippen LogP) is 1.77. The molecule has 0 saturated carbocycles. The Balaban J connectivity index is 2.27. The highest BCUT2D eigenvalue weighted by atomic mass is 127. The molecular formula is C11H11IN4O2S. The van der Waals surface area contributed by atoms with E-state index in [0.717, 1.165) is 3.57 Å². The fraction of sp³-hybridized carbons (Fsp3) is 0. The molecule has 0 aliphatic carbocycles. The molecule has 0 spiro atoms. The van der Waals surface area contributed by atoms with Crippen molar-refractivity contribution in [1.29, 1.82) is 0 Å². The van der Waals surface area contributed by atoms with Gasteiger partial charge < -0.3 is 5.43 Å². The van der Waals surface area contributed by atoms with Gasteiger partial charge in [-0.2, -0.15) is 0 Å². The average Bonchev–Trinajstić information content (AvgIpc) is 2.38. The number of anilines is 2. The van der Waals surface area contributed by atoms with E-state index in [1.165, 1.54) is 18.3 Å². The predicted molar refractivity (Wildman–Crippen MR) is 82.0 cm³/mol. The first-order valence-electron chi connectivity index (χ1n) is 5.22. The molecule has 100 valence electrons. The summed E-state index contributed by atoms with van der Waals surface area (Å²) in [7, 11) is -3.64. The Bertz CT molecular complexity index is 673. The van der Waals surface area contributed by atoms with Crippen molar-refractivity contribution in [3.05, 3.63) is 46.2 Å². The molecule has 0 aliphatic heterocycles. The van der Waals surface area contributed by atoms with Gasteiger partial charge in [-0.3, -0.25) is 4.72 Å². The molecular weight excluding hydrogens is 379 g/mol. The Morgan fingerprint density at radius 3 is 2.58 bits per heavy atom. The molecule has 0 saturated heterocycles. The number of nitrogens with two attached hydrogens (primary N) is 1. The molecule has 0 fully saturated rings. The molecule has 0 bridgehead atoms. The fourth-order valence-electron chi connectivity index (χ4n) is 1.39. The second-order valence-corrected chi connectivity index (χ2v) is 6.57. The van der Waals surface area contributed by atoms with Gasteiger partial charge in [0.25, 0.3) is 10.0 Å². The van der Waals surface area contributed by atoms with Crippen LogP contribution in [-0.4, -0.2) is 13.4 Å². The number of hydrogen-bond acceptors (Lipinski definition) is 5. The number of aromatic nitrogens is 1. The first-order valence-corrected chi connectivity index (χ1v) is 7.78. The minimum absolute atomic E-state index is 0.0744. The lowest BCUT2D eigenvalue weighted by atomic mass is 10.3. The Morgan fingerprint density at radius 2 is 2.00 bits per heavy atom. The molecule has 1 heterocycles. The van der Waals surface area contributed by atoms with Crippen molar-refractivity contribution in [2.24, 2.45) is 5.84 Å². The van der Waals surface area contributed by atoms with E-state index < -0.39 is 10.0 Å². The van der Waals surface area contributed by atoms with E-state index in [0.29, 0.717) is 11.5 Å². The van der Waals surface area contributed by atoms with Crippen molar-refractivity contribution in [2.75, 3.05) is 10.1 Å². The van der Waals surface area contributed by atoms with E-state index in [-0.39, 0.29) is 4.90 Å². The Kier molecular flexibility index (Phi) is 4.22. The summed E-state index contributed by atoms with van der Waals surface area (Å²) in [5, 5.41) is 0. The molecule has 4 N–H and O–H groups in total. The summed E-state index contributed by atoms with van der Waals surface area (Å²) in [6.45, 7) is 0. The van der Waals surface area contributed by atoms with Crippen molar-refractivity contribution in [3.8, 4) is 0 Å². The third kappa shape index (κ3) is 3.55. The van der Waals surface area contributed by atoms with Crippen LogP contribution in [0, 0.1) is 3.57 Å². The minimum atomic E-state index is -3.64. The van der Waals surface area contributed by atoms with Gasteiger partial charge in [0, 0.05) is 15.5 Å². The summed E-state index contributed by atoms with van der Waals surface area (Å²) < 4.78 is 27.6. The zero-order valence-electron chi connectivity index (χ0n) is 9.67. The molecule has 0 aliphatic rings. The van der Waals surface area contributed by atoms with Crippen LogP contribution in [0.25, 0.3) is 0 Å². The lowest BCUT2D eigenvalue weighted by Crippen LogP contribution is -2.14. The lowest BCUT2D eigenvalue weighted by molar-refractivity contribution is 0.601. The van der Waals surface area contributed by atoms with E-state index in [9.17, 15) is 8.42 Å². The van der Waals surface area contributed by atoms with Gasteiger partial charge in [-0.25, -0.2) is 19.2 Å². The number of sulfonamides is 1. The number of nitrogen functional groups attached to an aromatic ring is 1. The molecule has 19 heavy (non-hydrogen) atoms. The normalized spacial score (nSPS) is 11.1. The van der Waals surface area contributed by atoms with Gasteiger partial charge in [-0.05, 0) is 52.9 Å². The summed E-state index contributed by atoms with van der Waals surface area (Å²) >= 11 is 2.11. The molecule has 6 nitrogen and oxygen atoms in total. The van der Waals surface area contributed by atoms with Crippen LogP contribution in [0.2, 0.25) is 0 Å². The highest BCUT2D eigenvalue weighted by molar-refractivity contribution is 14.1. The number of nitrogens with one attached hydrogen (secondary N) is 2. The zero-order chi connectivity index (χ0) is 13.9. The molecule has 1 aromatic heterocycles. The lowest BCUT2D eigenvalue weighted by Gasteiger charge is -2.08. The number of hydrazine groups is 1. The summed E-state index contributed by atoms with van der Waals surface area (Å²) in [6.07, 6.45) is 1.24. The van der Waals surface area contributed by atoms with Crippen LogP contribution >= 0.6 is 22.6 Å². The van der Waals surface area contributed by atoms with Gasteiger partial charge in [0.05, 0.1) is 0 Å². The van der Waals surface area contributed by atoms with Crippen LogP contribution in [-0.2, 0) is 10.0 Å². The summed E-state index contributed by atoms with van der Waals surface area (Å²) in [5.74, 6) is 5.57. The standard InChI is InChI=1S/C11H11IN4O2S/c12-8-2-1-3-9(6-8)16-19(17,18)10-4-5-11(15-13)14-7-10/h1-7,16H,13H2,(H,14,15). The maximum atomic E-state index is 12.1. The molecule has 2 aromatic rings. The molecule has 0 amide bonds. The Hall–Kier alpha value is -1.39. The van der Waals surface area contributed by atoms with E-state index in [1.54, 1.807) is 18.2 Å². The third-order valence-corrected chi connectivity index (χ3v) is 4.31. The van der Waals surface area contributed by atoms with E-state index in [1.807, 2.05) is 6.07 Å². The number of nitrogens with zero attached hydrogens (tertiary/aromatic N) is 1. The van der Waals surface area contributed by atoms with Crippen LogP contribution in [0.4, 0.5) is 11.5 Å². The van der Waals surface area contributed by atoms with Crippen molar-refractivity contribution in [2.45, 2.75) is 4.90 Å². The van der Waals surface area contributed by atoms with Gasteiger partial charge >= 0.3 is 0 Å². The molecule has 1 aromatic carbocycles. The molecule has 2 rings (SSSR count). The highest BCUT2D eigenvalue weighted by Crippen LogP contribution is 2.18. The zero-order valence-corrected chi connectivity index (χ0v) is 12.6. The first kappa shape index (κ1) is 14.0. The van der Waals surface area contributed by atoms with E-state index >= 15 is 0 Å². The summed E-state index contributed by atoms with van der Waals surface area (Å²) in [6, 6.07) is 9.99. The SMILES string of the molecule is NNc1ccc(S(=O)(=O)Nc2cccc(I)c2)cn1. The quantitative estimate of drug-likeness (QED) is 0.420. The number of halogens is 1. The van der Waals surface area contributed by atoms with Gasteiger partial charge in [-0.1, -0.05) is 6.07 Å². The first-order chi connectivity index (χ1) is 9.01. The number of rotatable bonds is 4. The molecule has 0 atom stereocenters.